The van der Waals surface area contributed by atoms with Crippen LogP contribution in [0.5, 0.6) is 0 Å². The van der Waals surface area contributed by atoms with Gasteiger partial charge in [-0.2, -0.15) is 0 Å². The first-order chi connectivity index (χ1) is 12.0. The Kier molecular flexibility index (Phi) is 3.59. The van der Waals surface area contributed by atoms with Crippen LogP contribution >= 0.6 is 0 Å². The number of hydrogen-bond acceptors (Lipinski definition) is 4. The molecule has 0 bridgehead atoms. The van der Waals surface area contributed by atoms with Crippen molar-refractivity contribution in [1.82, 2.24) is 14.1 Å². The predicted octanol–water partition coefficient (Wildman–Crippen LogP) is 1.33. The molecule has 0 unspecified atom stereocenters. The molecule has 3 aromatic rings. The zero-order chi connectivity index (χ0) is 17.6. The third-order valence-corrected chi connectivity index (χ3v) is 5.77. The number of benzene rings is 1. The Morgan fingerprint density at radius 3 is 2.92 bits per heavy atom. The fourth-order valence-corrected chi connectivity index (χ4v) is 4.02. The van der Waals surface area contributed by atoms with Crippen LogP contribution in [-0.4, -0.2) is 30.8 Å². The van der Waals surface area contributed by atoms with Crippen molar-refractivity contribution in [3.05, 3.63) is 60.2 Å². The Balaban J connectivity index is 1.58. The summed E-state index contributed by atoms with van der Waals surface area (Å²) in [6.07, 6.45) is 3.75. The van der Waals surface area contributed by atoms with E-state index >= 15 is 0 Å². The van der Waals surface area contributed by atoms with Gasteiger partial charge in [0.25, 0.3) is 0 Å². The molecule has 25 heavy (non-hydrogen) atoms. The lowest BCUT2D eigenvalue weighted by Crippen LogP contribution is -2.24. The first-order valence-electron chi connectivity index (χ1n) is 7.76. The van der Waals surface area contributed by atoms with E-state index in [1.165, 1.54) is 11.0 Å². The van der Waals surface area contributed by atoms with Gasteiger partial charge in [0.05, 0.1) is 29.6 Å². The fraction of sp³-hybridized carbons (Fsp3) is 0.176. The Hall–Kier alpha value is -2.71. The maximum atomic E-state index is 12.6. The second kappa shape index (κ2) is 5.68. The topological polar surface area (TPSA) is 83.8 Å². The summed E-state index contributed by atoms with van der Waals surface area (Å²) in [5.41, 5.74) is 2.38. The lowest BCUT2D eigenvalue weighted by Gasteiger charge is -2.11. The molecule has 8 heteroatoms. The summed E-state index contributed by atoms with van der Waals surface area (Å²) < 4.78 is 29.6. The summed E-state index contributed by atoms with van der Waals surface area (Å²) in [6.45, 7) is 0.0798. The van der Waals surface area contributed by atoms with E-state index < -0.39 is 10.0 Å². The number of nitrogens with zero attached hydrogens (tertiary/aromatic N) is 3. The number of imidazole rings is 1. The van der Waals surface area contributed by atoms with Crippen molar-refractivity contribution < 1.29 is 13.2 Å². The highest BCUT2D eigenvalue weighted by atomic mass is 32.2. The maximum absolute atomic E-state index is 12.6. The van der Waals surface area contributed by atoms with Gasteiger partial charge in [-0.3, -0.25) is 4.79 Å². The fourth-order valence-electron chi connectivity index (χ4n) is 2.99. The number of pyridine rings is 1. The van der Waals surface area contributed by atoms with Crippen LogP contribution in [0, 0.1) is 0 Å². The SMILES string of the molecule is CN1C(=O)Cc2cc(S(=O)(=O)NCc3ncc4ccccn34)ccc21. The van der Waals surface area contributed by atoms with E-state index in [1.807, 2.05) is 28.8 Å². The highest BCUT2D eigenvalue weighted by Gasteiger charge is 2.26. The largest absolute Gasteiger partial charge is 0.315 e. The summed E-state index contributed by atoms with van der Waals surface area (Å²) in [5.74, 6) is 0.566. The number of aromatic nitrogens is 2. The Morgan fingerprint density at radius 2 is 2.08 bits per heavy atom. The van der Waals surface area contributed by atoms with Gasteiger partial charge in [-0.1, -0.05) is 6.07 Å². The van der Waals surface area contributed by atoms with Crippen molar-refractivity contribution >= 4 is 27.1 Å². The number of amides is 1. The van der Waals surface area contributed by atoms with E-state index in [2.05, 4.69) is 9.71 Å². The van der Waals surface area contributed by atoms with Crippen LogP contribution < -0.4 is 9.62 Å². The molecule has 0 saturated carbocycles. The highest BCUT2D eigenvalue weighted by molar-refractivity contribution is 7.89. The molecule has 7 nitrogen and oxygen atoms in total. The van der Waals surface area contributed by atoms with Gasteiger partial charge in [0.15, 0.2) is 0 Å². The van der Waals surface area contributed by atoms with E-state index in [0.29, 0.717) is 5.82 Å². The van der Waals surface area contributed by atoms with Crippen molar-refractivity contribution in [3.63, 3.8) is 0 Å². The number of sulfonamides is 1. The third kappa shape index (κ3) is 2.69. The van der Waals surface area contributed by atoms with Crippen molar-refractivity contribution in [2.24, 2.45) is 0 Å². The molecule has 0 radical (unpaired) electrons. The van der Waals surface area contributed by atoms with Crippen LogP contribution in [0.1, 0.15) is 11.4 Å². The second-order valence-electron chi connectivity index (χ2n) is 5.91. The van der Waals surface area contributed by atoms with Crippen LogP contribution in [0.25, 0.3) is 5.52 Å². The van der Waals surface area contributed by atoms with Gasteiger partial charge in [-0.25, -0.2) is 18.1 Å². The summed E-state index contributed by atoms with van der Waals surface area (Å²) >= 11 is 0. The number of likely N-dealkylation sites (N-methyl/N-ethyl adjacent to an activating group) is 1. The number of carbonyl (C=O) groups excluding carboxylic acids is 1. The molecule has 4 rings (SSSR count). The zero-order valence-electron chi connectivity index (χ0n) is 13.5. The normalized spacial score (nSPS) is 14.3. The lowest BCUT2D eigenvalue weighted by atomic mass is 10.2. The molecule has 0 spiro atoms. The van der Waals surface area contributed by atoms with Crippen LogP contribution in [0.2, 0.25) is 0 Å². The lowest BCUT2D eigenvalue weighted by molar-refractivity contribution is -0.117. The zero-order valence-corrected chi connectivity index (χ0v) is 14.3. The molecule has 1 N–H and O–H groups in total. The van der Waals surface area contributed by atoms with Gasteiger partial charge in [0, 0.05) is 18.9 Å². The Labute approximate surface area is 145 Å². The summed E-state index contributed by atoms with van der Waals surface area (Å²) in [4.78, 5) is 17.7. The molecule has 1 aliphatic rings. The predicted molar refractivity (Wildman–Crippen MR) is 92.8 cm³/mol. The van der Waals surface area contributed by atoms with Crippen LogP contribution in [-0.2, 0) is 27.8 Å². The summed E-state index contributed by atoms with van der Waals surface area (Å²) in [6, 6.07) is 10.4. The number of fused-ring (bicyclic) bond motifs is 2. The van der Waals surface area contributed by atoms with Gasteiger partial charge in [0.1, 0.15) is 5.82 Å². The highest BCUT2D eigenvalue weighted by Crippen LogP contribution is 2.29. The van der Waals surface area contributed by atoms with E-state index in [0.717, 1.165) is 16.8 Å². The summed E-state index contributed by atoms with van der Waals surface area (Å²) in [7, 11) is -2.01. The van der Waals surface area contributed by atoms with E-state index in [4.69, 9.17) is 0 Å². The average molecular weight is 356 g/mol. The maximum Gasteiger partial charge on any atom is 0.240 e. The molecule has 3 heterocycles. The second-order valence-corrected chi connectivity index (χ2v) is 7.68. The number of nitrogens with one attached hydrogen (secondary N) is 1. The first kappa shape index (κ1) is 15.8. The molecular formula is C17H16N4O3S. The van der Waals surface area contributed by atoms with Gasteiger partial charge in [-0.05, 0) is 35.9 Å². The van der Waals surface area contributed by atoms with E-state index in [-0.39, 0.29) is 23.8 Å². The van der Waals surface area contributed by atoms with Crippen LogP contribution in [0.15, 0.2) is 53.7 Å². The van der Waals surface area contributed by atoms with Crippen molar-refractivity contribution in [3.8, 4) is 0 Å². The molecule has 1 aliphatic heterocycles. The van der Waals surface area contributed by atoms with Crippen LogP contribution in [0.4, 0.5) is 5.69 Å². The first-order valence-corrected chi connectivity index (χ1v) is 9.24. The Bertz CT molecular complexity index is 1090. The minimum absolute atomic E-state index is 0.0404. The minimum atomic E-state index is -3.69. The monoisotopic (exact) mass is 356 g/mol. The third-order valence-electron chi connectivity index (χ3n) is 4.37. The van der Waals surface area contributed by atoms with Crippen molar-refractivity contribution in [2.45, 2.75) is 17.9 Å². The molecule has 1 amide bonds. The Morgan fingerprint density at radius 1 is 1.24 bits per heavy atom. The molecule has 0 fully saturated rings. The van der Waals surface area contributed by atoms with Gasteiger partial charge in [-0.15, -0.1) is 0 Å². The summed E-state index contributed by atoms with van der Waals surface area (Å²) in [5, 5.41) is 0. The van der Waals surface area contributed by atoms with Crippen LogP contribution in [0.3, 0.4) is 0 Å². The molecular weight excluding hydrogens is 340 g/mol. The van der Waals surface area contributed by atoms with Gasteiger partial charge >= 0.3 is 0 Å². The average Bonchev–Trinajstić information content (AvgIpc) is 3.14. The minimum Gasteiger partial charge on any atom is -0.315 e. The molecule has 2 aromatic heterocycles. The standard InChI is InChI=1S/C17H16N4O3S/c1-20-15-6-5-14(8-12(15)9-17(20)22)25(23,24)19-11-16-18-10-13-4-2-3-7-21(13)16/h2-8,10,19H,9,11H2,1H3. The molecule has 128 valence electrons. The number of carbonyl (C=O) groups is 1. The van der Waals surface area contributed by atoms with Crippen molar-refractivity contribution in [2.75, 3.05) is 11.9 Å². The molecule has 0 atom stereocenters. The molecule has 1 aromatic carbocycles. The smallest absolute Gasteiger partial charge is 0.240 e. The molecule has 0 saturated heterocycles. The van der Waals surface area contributed by atoms with Crippen molar-refractivity contribution in [1.29, 1.82) is 0 Å². The van der Waals surface area contributed by atoms with Gasteiger partial charge in [0.2, 0.25) is 15.9 Å². The number of anilines is 1. The quantitative estimate of drug-likeness (QED) is 0.764. The number of hydrogen-bond donors (Lipinski definition) is 1. The van der Waals surface area contributed by atoms with E-state index in [1.54, 1.807) is 25.4 Å². The molecule has 0 aliphatic carbocycles. The number of rotatable bonds is 4. The van der Waals surface area contributed by atoms with E-state index in [9.17, 15) is 13.2 Å². The van der Waals surface area contributed by atoms with Gasteiger partial charge < -0.3 is 9.30 Å².